The second-order valence-corrected chi connectivity index (χ2v) is 6.87. The van der Waals surface area contributed by atoms with Crippen LogP contribution in [0.15, 0.2) is 27.3 Å². The van der Waals surface area contributed by atoms with E-state index in [2.05, 4.69) is 38.0 Å². The van der Waals surface area contributed by atoms with Gasteiger partial charge in [0.15, 0.2) is 0 Å². The molecule has 0 spiro atoms. The normalized spacial score (nSPS) is 26.0. The summed E-state index contributed by atoms with van der Waals surface area (Å²) in [6.45, 7) is 2.83. The second-order valence-electron chi connectivity index (χ2n) is 5.95. The van der Waals surface area contributed by atoms with E-state index < -0.39 is 0 Å². The van der Waals surface area contributed by atoms with Gasteiger partial charge >= 0.3 is 0 Å². The van der Waals surface area contributed by atoms with E-state index in [1.54, 1.807) is 6.20 Å². The highest BCUT2D eigenvalue weighted by Crippen LogP contribution is 2.40. The first-order valence-electron chi connectivity index (χ1n) is 7.29. The van der Waals surface area contributed by atoms with Crippen molar-refractivity contribution >= 4 is 15.9 Å². The summed E-state index contributed by atoms with van der Waals surface area (Å²) >= 11 is 3.37. The zero-order valence-corrected chi connectivity index (χ0v) is 13.6. The molecule has 0 bridgehead atoms. The summed E-state index contributed by atoms with van der Waals surface area (Å²) in [5, 5.41) is 4.08. The minimum Gasteiger partial charge on any atom is -0.338 e. The molecule has 0 radical (unpaired) electrons. The number of rotatable bonds is 3. The Bertz CT molecular complexity index is 602. The summed E-state index contributed by atoms with van der Waals surface area (Å²) in [5.41, 5.74) is 6.59. The van der Waals surface area contributed by atoms with Gasteiger partial charge < -0.3 is 10.3 Å². The van der Waals surface area contributed by atoms with Crippen LogP contribution in [0.2, 0.25) is 0 Å². The topological polar surface area (TPSA) is 77.8 Å². The van der Waals surface area contributed by atoms with Crippen molar-refractivity contribution in [2.45, 2.75) is 38.0 Å². The van der Waals surface area contributed by atoms with E-state index in [9.17, 15) is 0 Å². The molecular weight excluding hydrogens is 332 g/mol. The van der Waals surface area contributed by atoms with Gasteiger partial charge in [-0.15, -0.1) is 0 Å². The Hall–Kier alpha value is -1.27. The Balaban J connectivity index is 1.88. The monoisotopic (exact) mass is 350 g/mol. The average molecular weight is 351 g/mol. The number of aromatic nitrogens is 3. The minimum atomic E-state index is -0.160. The van der Waals surface area contributed by atoms with Crippen molar-refractivity contribution in [2.24, 2.45) is 11.7 Å². The Morgan fingerprint density at radius 2 is 2.14 bits per heavy atom. The molecule has 2 aromatic rings. The molecule has 3 rings (SSSR count). The summed E-state index contributed by atoms with van der Waals surface area (Å²) in [4.78, 5) is 8.87. The highest BCUT2D eigenvalue weighted by atomic mass is 79.9. The lowest BCUT2D eigenvalue weighted by molar-refractivity contribution is 0.191. The van der Waals surface area contributed by atoms with Crippen LogP contribution in [0.25, 0.3) is 11.5 Å². The summed E-state index contributed by atoms with van der Waals surface area (Å²) in [7, 11) is 0. The molecule has 112 valence electrons. The Morgan fingerprint density at radius 1 is 1.38 bits per heavy atom. The molecule has 0 saturated heterocycles. The van der Waals surface area contributed by atoms with Crippen molar-refractivity contribution in [1.29, 1.82) is 0 Å². The molecule has 0 amide bonds. The van der Waals surface area contributed by atoms with Gasteiger partial charge in [0.2, 0.25) is 11.7 Å². The van der Waals surface area contributed by atoms with Crippen LogP contribution in [0.3, 0.4) is 0 Å². The van der Waals surface area contributed by atoms with Gasteiger partial charge in [0.25, 0.3) is 0 Å². The Labute approximate surface area is 132 Å². The van der Waals surface area contributed by atoms with E-state index in [0.717, 1.165) is 36.1 Å². The molecule has 1 aliphatic carbocycles. The maximum absolute atomic E-state index is 6.03. The molecule has 6 heteroatoms. The Morgan fingerprint density at radius 3 is 2.76 bits per heavy atom. The molecule has 0 aliphatic heterocycles. The molecule has 2 heterocycles. The van der Waals surface area contributed by atoms with Gasteiger partial charge in [0.05, 0.1) is 5.41 Å². The molecule has 2 N–H and O–H groups in total. The van der Waals surface area contributed by atoms with E-state index in [4.69, 9.17) is 10.3 Å². The van der Waals surface area contributed by atoms with Gasteiger partial charge in [0, 0.05) is 17.2 Å². The zero-order chi connectivity index (χ0) is 14.9. The van der Waals surface area contributed by atoms with E-state index in [1.807, 2.05) is 12.1 Å². The molecule has 1 fully saturated rings. The van der Waals surface area contributed by atoms with Crippen LogP contribution in [0, 0.1) is 5.92 Å². The van der Waals surface area contributed by atoms with Crippen LogP contribution in [0.5, 0.6) is 0 Å². The predicted molar refractivity (Wildman–Crippen MR) is 83.6 cm³/mol. The number of nitrogens with two attached hydrogens (primary N) is 1. The molecular formula is C15H19BrN4O. The van der Waals surface area contributed by atoms with Crippen LogP contribution in [-0.2, 0) is 5.41 Å². The first-order chi connectivity index (χ1) is 10.1. The summed E-state index contributed by atoms with van der Waals surface area (Å²) in [6, 6.07) is 3.79. The third kappa shape index (κ3) is 2.87. The van der Waals surface area contributed by atoms with Crippen molar-refractivity contribution < 1.29 is 4.52 Å². The largest absolute Gasteiger partial charge is 0.338 e. The van der Waals surface area contributed by atoms with E-state index in [-0.39, 0.29) is 5.41 Å². The molecule has 0 atom stereocenters. The predicted octanol–water partition coefficient (Wildman–Crippen LogP) is 3.30. The van der Waals surface area contributed by atoms with Gasteiger partial charge in [-0.3, -0.25) is 4.98 Å². The lowest BCUT2D eigenvalue weighted by Crippen LogP contribution is -2.39. The van der Waals surface area contributed by atoms with E-state index >= 15 is 0 Å². The van der Waals surface area contributed by atoms with Gasteiger partial charge in [-0.25, -0.2) is 0 Å². The van der Waals surface area contributed by atoms with Crippen molar-refractivity contribution in [3.63, 3.8) is 0 Å². The quantitative estimate of drug-likeness (QED) is 0.918. The maximum Gasteiger partial charge on any atom is 0.234 e. The lowest BCUT2D eigenvalue weighted by Gasteiger charge is -2.35. The number of halogens is 1. The van der Waals surface area contributed by atoms with Crippen molar-refractivity contribution in [2.75, 3.05) is 6.54 Å². The molecule has 21 heavy (non-hydrogen) atoms. The Kier molecular flexibility index (Phi) is 4.08. The van der Waals surface area contributed by atoms with Crippen LogP contribution in [0.1, 0.15) is 38.5 Å². The van der Waals surface area contributed by atoms with Gasteiger partial charge in [-0.05, 0) is 59.7 Å². The molecule has 5 nitrogen and oxygen atoms in total. The van der Waals surface area contributed by atoms with Crippen LogP contribution >= 0.6 is 15.9 Å². The smallest absolute Gasteiger partial charge is 0.234 e. The fraction of sp³-hybridized carbons (Fsp3) is 0.533. The van der Waals surface area contributed by atoms with Crippen LogP contribution < -0.4 is 5.73 Å². The van der Waals surface area contributed by atoms with Crippen molar-refractivity contribution in [3.05, 3.63) is 28.7 Å². The first-order valence-corrected chi connectivity index (χ1v) is 8.08. The molecule has 2 aromatic heterocycles. The first kappa shape index (κ1) is 14.7. The number of pyridine rings is 1. The average Bonchev–Trinajstić information content (AvgIpc) is 3.00. The number of hydrogen-bond donors (Lipinski definition) is 1. The van der Waals surface area contributed by atoms with Crippen molar-refractivity contribution in [1.82, 2.24) is 15.1 Å². The molecule has 1 saturated carbocycles. The lowest BCUT2D eigenvalue weighted by atomic mass is 9.71. The third-order valence-electron chi connectivity index (χ3n) is 4.46. The fourth-order valence-electron chi connectivity index (χ4n) is 2.87. The molecule has 1 aliphatic rings. The van der Waals surface area contributed by atoms with Gasteiger partial charge in [0.1, 0.15) is 5.69 Å². The van der Waals surface area contributed by atoms with Crippen LogP contribution in [0.4, 0.5) is 0 Å². The standard InChI is InChI=1S/C15H19BrN4O/c1-10-4-6-15(9-17,7-5-10)14-19-13(20-21-14)12-3-2-11(16)8-18-12/h2-3,8,10H,4-7,9,17H2,1H3. The second kappa shape index (κ2) is 5.85. The fourth-order valence-corrected chi connectivity index (χ4v) is 3.11. The maximum atomic E-state index is 6.03. The SMILES string of the molecule is CC1CCC(CN)(c2nc(-c3ccc(Br)cn3)no2)CC1. The summed E-state index contributed by atoms with van der Waals surface area (Å²) < 4.78 is 6.45. The number of hydrogen-bond acceptors (Lipinski definition) is 5. The van der Waals surface area contributed by atoms with E-state index in [0.29, 0.717) is 24.0 Å². The number of nitrogens with zero attached hydrogens (tertiary/aromatic N) is 3. The molecule has 0 aromatic carbocycles. The van der Waals surface area contributed by atoms with E-state index in [1.165, 1.54) is 0 Å². The summed E-state index contributed by atoms with van der Waals surface area (Å²) in [5.74, 6) is 1.95. The molecule has 0 unspecified atom stereocenters. The summed E-state index contributed by atoms with van der Waals surface area (Å²) in [6.07, 6.45) is 6.07. The van der Waals surface area contributed by atoms with Crippen molar-refractivity contribution in [3.8, 4) is 11.5 Å². The zero-order valence-electron chi connectivity index (χ0n) is 12.1. The van der Waals surface area contributed by atoms with Gasteiger partial charge in [-0.1, -0.05) is 12.1 Å². The highest BCUT2D eigenvalue weighted by Gasteiger charge is 2.39. The minimum absolute atomic E-state index is 0.160. The highest BCUT2D eigenvalue weighted by molar-refractivity contribution is 9.10. The van der Waals surface area contributed by atoms with Crippen LogP contribution in [-0.4, -0.2) is 21.7 Å². The van der Waals surface area contributed by atoms with Gasteiger partial charge in [-0.2, -0.15) is 4.98 Å². The third-order valence-corrected chi connectivity index (χ3v) is 4.93.